The van der Waals surface area contributed by atoms with E-state index >= 15 is 0 Å². The molecule has 0 spiro atoms. The van der Waals surface area contributed by atoms with Gasteiger partial charge < -0.3 is 30.3 Å². The van der Waals surface area contributed by atoms with E-state index in [-0.39, 0.29) is 5.78 Å². The summed E-state index contributed by atoms with van der Waals surface area (Å²) in [7, 11) is 0. The van der Waals surface area contributed by atoms with Crippen LogP contribution in [0.25, 0.3) is 0 Å². The summed E-state index contributed by atoms with van der Waals surface area (Å²) in [5, 5.41) is 37.1. The van der Waals surface area contributed by atoms with E-state index in [1.807, 2.05) is 0 Å². The number of carboxylic acids is 5. The summed E-state index contributed by atoms with van der Waals surface area (Å²) in [5.41, 5.74) is 0. The van der Waals surface area contributed by atoms with Crippen LogP contribution in [0.5, 0.6) is 0 Å². The van der Waals surface area contributed by atoms with Crippen LogP contribution in [0, 0.1) is 0 Å². The second kappa shape index (κ2) is 32.1. The lowest BCUT2D eigenvalue weighted by Gasteiger charge is -1.59. The van der Waals surface area contributed by atoms with Crippen LogP contribution in [-0.2, 0) is 28.8 Å². The van der Waals surface area contributed by atoms with Gasteiger partial charge >= 0.3 is 0 Å². The number of ketones is 1. The van der Waals surface area contributed by atoms with Crippen molar-refractivity contribution in [2.24, 2.45) is 0 Å². The van der Waals surface area contributed by atoms with Gasteiger partial charge in [0.25, 0.3) is 29.8 Å². The maximum atomic E-state index is 9.44. The zero-order valence-corrected chi connectivity index (χ0v) is 14.7. The van der Waals surface area contributed by atoms with E-state index in [4.69, 9.17) is 49.5 Å². The molecule has 5 N–H and O–H groups in total. The lowest BCUT2D eigenvalue weighted by molar-refractivity contribution is -0.135. The first-order valence-corrected chi connectivity index (χ1v) is 5.84. The van der Waals surface area contributed by atoms with Gasteiger partial charge in [-0.3, -0.25) is 24.0 Å². The molecule has 0 saturated carbocycles. The molecule has 24 heavy (non-hydrogen) atoms. The lowest BCUT2D eigenvalue weighted by atomic mass is 10.6. The lowest BCUT2D eigenvalue weighted by Crippen LogP contribution is -1.78. The quantitative estimate of drug-likeness (QED) is 0.413. The Kier molecular flexibility index (Phi) is 50.0. The van der Waals surface area contributed by atoms with E-state index in [1.54, 1.807) is 0 Å². The minimum absolute atomic E-state index is 0.167. The molecule has 0 amide bonds. The molecule has 0 heterocycles. The van der Waals surface area contributed by atoms with Crippen molar-refractivity contribution in [2.75, 3.05) is 0 Å². The van der Waals surface area contributed by atoms with Crippen LogP contribution in [0.15, 0.2) is 0 Å². The molecule has 0 unspecified atom stereocenters. The highest BCUT2D eigenvalue weighted by atomic mass is 16.4. The largest absolute Gasteiger partial charge is 0.481 e. The van der Waals surface area contributed by atoms with Crippen LogP contribution in [0.1, 0.15) is 48.5 Å². The Morgan fingerprint density at radius 2 is 0.375 bits per heavy atom. The average Bonchev–Trinajstić information content (AvgIpc) is 2.08. The topological polar surface area (TPSA) is 204 Å². The van der Waals surface area contributed by atoms with Crippen molar-refractivity contribution in [3.05, 3.63) is 0 Å². The SMILES string of the molecule is CC(=O)O.CC(=O)O.CC(=O)O.CC(=O)O.CC(=O)O.CC(C)=O. The molecule has 0 aliphatic rings. The number of carbonyl (C=O) groups excluding carboxylic acids is 1. The Balaban J connectivity index is -0.0000000405. The normalized spacial score (nSPS) is 6.29. The number of hydrogen-bond donors (Lipinski definition) is 5. The minimum atomic E-state index is -0.833. The third kappa shape index (κ3) is 695. The van der Waals surface area contributed by atoms with Gasteiger partial charge in [0.15, 0.2) is 0 Å². The molecule has 11 heteroatoms. The molecular weight excluding hydrogens is 332 g/mol. The number of Topliss-reactive ketones (excluding diaryl/α,β-unsaturated/α-hetero) is 1. The van der Waals surface area contributed by atoms with Crippen molar-refractivity contribution in [3.63, 3.8) is 0 Å². The Morgan fingerprint density at radius 1 is 0.375 bits per heavy atom. The van der Waals surface area contributed by atoms with E-state index in [2.05, 4.69) is 0 Å². The third-order valence-electron chi connectivity index (χ3n) is 0. The summed E-state index contributed by atoms with van der Waals surface area (Å²) in [5.74, 6) is -4.00. The molecular formula is C13H26O11. The molecule has 0 fully saturated rings. The van der Waals surface area contributed by atoms with Crippen LogP contribution in [0.4, 0.5) is 0 Å². The zero-order chi connectivity index (χ0) is 21.5. The summed E-state index contributed by atoms with van der Waals surface area (Å²) < 4.78 is 0. The van der Waals surface area contributed by atoms with Crippen LogP contribution in [0.3, 0.4) is 0 Å². The van der Waals surface area contributed by atoms with Gasteiger partial charge in [0.2, 0.25) is 0 Å². The van der Waals surface area contributed by atoms with Gasteiger partial charge in [0, 0.05) is 34.6 Å². The average molecular weight is 358 g/mol. The third-order valence-corrected chi connectivity index (χ3v) is 0. The highest BCUT2D eigenvalue weighted by Crippen LogP contribution is 1.50. The van der Waals surface area contributed by atoms with Crippen molar-refractivity contribution in [2.45, 2.75) is 48.5 Å². The highest BCUT2D eigenvalue weighted by Gasteiger charge is 1.67. The van der Waals surface area contributed by atoms with Gasteiger partial charge in [-0.1, -0.05) is 0 Å². The molecule has 0 atom stereocenters. The fourth-order valence-corrected chi connectivity index (χ4v) is 0. The van der Waals surface area contributed by atoms with Gasteiger partial charge in [-0.05, 0) is 13.8 Å². The van der Waals surface area contributed by atoms with Gasteiger partial charge in [-0.15, -0.1) is 0 Å². The van der Waals surface area contributed by atoms with Crippen LogP contribution < -0.4 is 0 Å². The number of carbonyl (C=O) groups is 6. The molecule has 144 valence electrons. The molecule has 0 aliphatic carbocycles. The first kappa shape index (κ1) is 37.3. The van der Waals surface area contributed by atoms with Crippen LogP contribution in [0.2, 0.25) is 0 Å². The molecule has 0 radical (unpaired) electrons. The van der Waals surface area contributed by atoms with Crippen molar-refractivity contribution >= 4 is 35.6 Å². The summed E-state index contributed by atoms with van der Waals surface area (Å²) in [4.78, 5) is 54.4. The van der Waals surface area contributed by atoms with Crippen molar-refractivity contribution in [1.29, 1.82) is 0 Å². The van der Waals surface area contributed by atoms with Gasteiger partial charge in [-0.25, -0.2) is 0 Å². The molecule has 11 nitrogen and oxygen atoms in total. The molecule has 0 aliphatic heterocycles. The Hall–Kier alpha value is -2.98. The number of aliphatic carboxylic acids is 5. The van der Waals surface area contributed by atoms with E-state index in [0.717, 1.165) is 34.6 Å². The summed E-state index contributed by atoms with van der Waals surface area (Å²) in [6, 6.07) is 0. The second-order valence-corrected chi connectivity index (χ2v) is 3.50. The fourth-order valence-electron chi connectivity index (χ4n) is 0. The Labute approximate surface area is 139 Å². The zero-order valence-electron chi connectivity index (χ0n) is 14.7. The molecule has 0 saturated heterocycles. The van der Waals surface area contributed by atoms with E-state index in [1.165, 1.54) is 13.8 Å². The molecule has 0 aromatic heterocycles. The molecule has 0 rings (SSSR count). The summed E-state index contributed by atoms with van der Waals surface area (Å²) in [6.07, 6.45) is 0. The predicted molar refractivity (Wildman–Crippen MR) is 82.9 cm³/mol. The molecule has 0 aromatic rings. The van der Waals surface area contributed by atoms with Crippen molar-refractivity contribution in [3.8, 4) is 0 Å². The van der Waals surface area contributed by atoms with Gasteiger partial charge in [0.1, 0.15) is 5.78 Å². The maximum absolute atomic E-state index is 9.44. The van der Waals surface area contributed by atoms with Crippen LogP contribution >= 0.6 is 0 Å². The van der Waals surface area contributed by atoms with Gasteiger partial charge in [0.05, 0.1) is 0 Å². The summed E-state index contributed by atoms with van der Waals surface area (Å²) >= 11 is 0. The van der Waals surface area contributed by atoms with Crippen molar-refractivity contribution in [1.82, 2.24) is 0 Å². The highest BCUT2D eigenvalue weighted by molar-refractivity contribution is 5.72. The fraction of sp³-hybridized carbons (Fsp3) is 0.538. The minimum Gasteiger partial charge on any atom is -0.481 e. The molecule has 0 aromatic carbocycles. The van der Waals surface area contributed by atoms with Crippen LogP contribution in [-0.4, -0.2) is 61.2 Å². The predicted octanol–water partition coefficient (Wildman–Crippen LogP) is 1.05. The maximum Gasteiger partial charge on any atom is 0.300 e. The number of hydrogen-bond acceptors (Lipinski definition) is 6. The Morgan fingerprint density at radius 3 is 0.375 bits per heavy atom. The number of rotatable bonds is 0. The smallest absolute Gasteiger partial charge is 0.300 e. The Bertz CT molecular complexity index is 255. The number of carboxylic acid groups (broad SMARTS) is 5. The monoisotopic (exact) mass is 358 g/mol. The second-order valence-electron chi connectivity index (χ2n) is 3.50. The summed E-state index contributed by atoms with van der Waals surface area (Å²) in [6.45, 7) is 8.47. The van der Waals surface area contributed by atoms with Crippen molar-refractivity contribution < 1.29 is 54.3 Å². The first-order chi connectivity index (χ1) is 10.4. The van der Waals surface area contributed by atoms with Gasteiger partial charge in [-0.2, -0.15) is 0 Å². The first-order valence-electron chi connectivity index (χ1n) is 5.84. The van der Waals surface area contributed by atoms with E-state index < -0.39 is 29.8 Å². The van der Waals surface area contributed by atoms with E-state index in [9.17, 15) is 4.79 Å². The molecule has 0 bridgehead atoms. The standard InChI is InChI=1S/C3H6O.5C2H4O2/c1-3(2)4;5*1-2(3)4/h1-2H3;5*1H3,(H,3,4). The van der Waals surface area contributed by atoms with E-state index in [0.29, 0.717) is 0 Å².